The highest BCUT2D eigenvalue weighted by molar-refractivity contribution is 7.08. The van der Waals surface area contributed by atoms with Crippen molar-refractivity contribution in [3.05, 3.63) is 55.6 Å². The molecule has 154 valence electrons. The zero-order valence-corrected chi connectivity index (χ0v) is 18.4. The molecule has 0 aliphatic heterocycles. The Kier molecular flexibility index (Phi) is 6.46. The number of aromatic nitrogens is 1. The average molecular weight is 434 g/mol. The highest BCUT2D eigenvalue weighted by atomic mass is 35.5. The molecular formula is C22H24ClNO4S. The molecule has 7 heteroatoms. The van der Waals surface area contributed by atoms with E-state index in [9.17, 15) is 14.7 Å². The van der Waals surface area contributed by atoms with Gasteiger partial charge in [0.1, 0.15) is 0 Å². The molecule has 1 unspecified atom stereocenters. The van der Waals surface area contributed by atoms with Crippen molar-refractivity contribution in [3.8, 4) is 11.1 Å². The van der Waals surface area contributed by atoms with Crippen LogP contribution in [0.3, 0.4) is 0 Å². The highest BCUT2D eigenvalue weighted by Gasteiger charge is 2.29. The van der Waals surface area contributed by atoms with Gasteiger partial charge in [-0.1, -0.05) is 11.6 Å². The Morgan fingerprint density at radius 1 is 1.28 bits per heavy atom. The summed E-state index contributed by atoms with van der Waals surface area (Å²) in [5.74, 6) is -1.87. The van der Waals surface area contributed by atoms with Crippen molar-refractivity contribution in [2.45, 2.75) is 39.2 Å². The van der Waals surface area contributed by atoms with Crippen LogP contribution in [0.15, 0.2) is 33.8 Å². The predicted molar refractivity (Wildman–Crippen MR) is 118 cm³/mol. The molecule has 2 aromatic heterocycles. The molecule has 3 aromatic rings. The summed E-state index contributed by atoms with van der Waals surface area (Å²) in [4.78, 5) is 25.3. The molecule has 3 rings (SSSR count). The number of nitrogens with zero attached hydrogens (tertiary/aromatic N) is 1. The number of benzene rings is 1. The molecule has 0 saturated carbocycles. The van der Waals surface area contributed by atoms with Crippen molar-refractivity contribution in [3.63, 3.8) is 0 Å². The number of thiophene rings is 1. The molecule has 1 aromatic carbocycles. The van der Waals surface area contributed by atoms with Gasteiger partial charge in [-0.3, -0.25) is 9.59 Å². The first-order valence-electron chi connectivity index (χ1n) is 9.42. The van der Waals surface area contributed by atoms with Gasteiger partial charge in [-0.05, 0) is 72.7 Å². The molecule has 0 aliphatic carbocycles. The minimum atomic E-state index is -0.983. The number of halogens is 1. The predicted octanol–water partition coefficient (Wildman–Crippen LogP) is 5.21. The van der Waals surface area contributed by atoms with E-state index in [-0.39, 0.29) is 18.1 Å². The third kappa shape index (κ3) is 4.25. The minimum absolute atomic E-state index is 0.00210. The quantitative estimate of drug-likeness (QED) is 0.555. The number of ether oxygens (including phenoxy) is 1. The molecule has 0 amide bonds. The summed E-state index contributed by atoms with van der Waals surface area (Å²) in [5, 5.41) is 15.7. The van der Waals surface area contributed by atoms with Crippen molar-refractivity contribution in [2.75, 3.05) is 6.61 Å². The maximum atomic E-state index is 13.1. The SMILES string of the molecule is Cc1cscc1-c1c(C(CCOC(C)C)C(=O)O)n(C)c(=O)c2ccc(Cl)cc12. The van der Waals surface area contributed by atoms with Crippen LogP contribution >= 0.6 is 22.9 Å². The van der Waals surface area contributed by atoms with Crippen molar-refractivity contribution >= 4 is 39.7 Å². The van der Waals surface area contributed by atoms with Crippen LogP contribution in [0.5, 0.6) is 0 Å². The summed E-state index contributed by atoms with van der Waals surface area (Å²) in [6, 6.07) is 5.13. The van der Waals surface area contributed by atoms with Crippen molar-refractivity contribution < 1.29 is 14.6 Å². The van der Waals surface area contributed by atoms with Gasteiger partial charge >= 0.3 is 5.97 Å². The van der Waals surface area contributed by atoms with Crippen LogP contribution in [0.1, 0.15) is 37.4 Å². The van der Waals surface area contributed by atoms with Crippen LogP contribution in [0, 0.1) is 6.92 Å². The van der Waals surface area contributed by atoms with Gasteiger partial charge in [0.15, 0.2) is 0 Å². The lowest BCUT2D eigenvalue weighted by Gasteiger charge is -2.23. The molecule has 2 heterocycles. The lowest BCUT2D eigenvalue weighted by Crippen LogP contribution is -2.28. The minimum Gasteiger partial charge on any atom is -0.481 e. The molecule has 0 saturated heterocycles. The number of aliphatic carboxylic acids is 1. The number of hydrogen-bond donors (Lipinski definition) is 1. The van der Waals surface area contributed by atoms with Gasteiger partial charge < -0.3 is 14.4 Å². The molecular weight excluding hydrogens is 410 g/mol. The fourth-order valence-electron chi connectivity index (χ4n) is 3.61. The van der Waals surface area contributed by atoms with Gasteiger partial charge in [0.05, 0.1) is 12.0 Å². The first-order valence-corrected chi connectivity index (χ1v) is 10.7. The van der Waals surface area contributed by atoms with Crippen molar-refractivity contribution in [1.82, 2.24) is 4.57 Å². The maximum absolute atomic E-state index is 13.1. The number of carboxylic acids is 1. The molecule has 0 aliphatic rings. The molecule has 0 radical (unpaired) electrons. The maximum Gasteiger partial charge on any atom is 0.312 e. The third-order valence-corrected chi connectivity index (χ3v) is 6.11. The number of pyridine rings is 1. The Labute approximate surface area is 178 Å². The van der Waals surface area contributed by atoms with Crippen LogP contribution < -0.4 is 5.56 Å². The van der Waals surface area contributed by atoms with Crippen LogP contribution in [-0.2, 0) is 16.6 Å². The van der Waals surface area contributed by atoms with Crippen LogP contribution in [0.4, 0.5) is 0 Å². The van der Waals surface area contributed by atoms with Crippen molar-refractivity contribution in [2.24, 2.45) is 7.05 Å². The lowest BCUT2D eigenvalue weighted by atomic mass is 9.89. The first-order chi connectivity index (χ1) is 13.7. The number of fused-ring (bicyclic) bond motifs is 1. The Morgan fingerprint density at radius 3 is 2.59 bits per heavy atom. The molecule has 0 bridgehead atoms. The van der Waals surface area contributed by atoms with Gasteiger partial charge in [-0.2, -0.15) is 11.3 Å². The summed E-state index contributed by atoms with van der Waals surface area (Å²) in [7, 11) is 1.64. The second-order valence-electron chi connectivity index (χ2n) is 7.38. The standard InChI is InChI=1S/C22H24ClNO4S/c1-12(2)28-8-7-16(22(26)27)20-19(18-11-29-10-13(18)3)17-9-14(23)5-6-15(17)21(25)24(20)4/h5-6,9-12,16H,7-8H2,1-4H3,(H,26,27). The van der Waals surface area contributed by atoms with E-state index < -0.39 is 11.9 Å². The van der Waals surface area contributed by atoms with E-state index in [1.54, 1.807) is 36.6 Å². The summed E-state index contributed by atoms with van der Waals surface area (Å²) in [6.07, 6.45) is 0.269. The molecule has 29 heavy (non-hydrogen) atoms. The third-order valence-electron chi connectivity index (χ3n) is 5.01. The Hall–Kier alpha value is -2.15. The van der Waals surface area contributed by atoms with E-state index in [0.29, 0.717) is 28.1 Å². The van der Waals surface area contributed by atoms with Gasteiger partial charge in [0.2, 0.25) is 0 Å². The number of carbonyl (C=O) groups is 1. The fraction of sp³-hybridized carbons (Fsp3) is 0.364. The van der Waals surface area contributed by atoms with Gasteiger partial charge in [-0.25, -0.2) is 0 Å². The molecule has 0 fully saturated rings. The second kappa shape index (κ2) is 8.69. The van der Waals surface area contributed by atoms with E-state index in [1.807, 2.05) is 31.5 Å². The fourth-order valence-corrected chi connectivity index (χ4v) is 4.62. The Bertz CT molecular complexity index is 1120. The largest absolute Gasteiger partial charge is 0.481 e. The molecule has 0 spiro atoms. The van der Waals surface area contributed by atoms with Gasteiger partial charge in [-0.15, -0.1) is 0 Å². The summed E-state index contributed by atoms with van der Waals surface area (Å²) >= 11 is 7.80. The summed E-state index contributed by atoms with van der Waals surface area (Å²) < 4.78 is 7.07. The smallest absolute Gasteiger partial charge is 0.312 e. The van der Waals surface area contributed by atoms with E-state index in [1.165, 1.54) is 4.57 Å². The molecule has 1 N–H and O–H groups in total. The second-order valence-corrected chi connectivity index (χ2v) is 8.56. The highest BCUT2D eigenvalue weighted by Crippen LogP contribution is 2.39. The van der Waals surface area contributed by atoms with Crippen LogP contribution in [0.25, 0.3) is 21.9 Å². The monoisotopic (exact) mass is 433 g/mol. The normalized spacial score (nSPS) is 12.6. The van der Waals surface area contributed by atoms with Crippen molar-refractivity contribution in [1.29, 1.82) is 0 Å². The van der Waals surface area contributed by atoms with Gasteiger partial charge in [0.25, 0.3) is 5.56 Å². The number of aryl methyl sites for hydroxylation is 1. The van der Waals surface area contributed by atoms with E-state index in [2.05, 4.69) is 0 Å². The average Bonchev–Trinajstić information content (AvgIpc) is 3.07. The Morgan fingerprint density at radius 2 is 2.00 bits per heavy atom. The lowest BCUT2D eigenvalue weighted by molar-refractivity contribution is -0.139. The number of hydrogen-bond acceptors (Lipinski definition) is 4. The van der Waals surface area contributed by atoms with E-state index >= 15 is 0 Å². The zero-order valence-electron chi connectivity index (χ0n) is 16.9. The summed E-state index contributed by atoms with van der Waals surface area (Å²) in [5.41, 5.74) is 2.94. The molecule has 1 atom stereocenters. The topological polar surface area (TPSA) is 68.5 Å². The van der Waals surface area contributed by atoms with Gasteiger partial charge in [0, 0.05) is 35.3 Å². The zero-order chi connectivity index (χ0) is 21.3. The van der Waals surface area contributed by atoms with E-state index in [0.717, 1.165) is 16.7 Å². The number of carboxylic acid groups (broad SMARTS) is 1. The van der Waals surface area contributed by atoms with Crippen LogP contribution in [-0.4, -0.2) is 28.4 Å². The Balaban J connectivity index is 2.35. The molecule has 5 nitrogen and oxygen atoms in total. The number of rotatable bonds is 7. The van der Waals surface area contributed by atoms with Crippen LogP contribution in [0.2, 0.25) is 5.02 Å². The first kappa shape index (κ1) is 21.6. The van der Waals surface area contributed by atoms with E-state index in [4.69, 9.17) is 16.3 Å². The summed E-state index contributed by atoms with van der Waals surface area (Å²) in [6.45, 7) is 6.08.